The quantitative estimate of drug-likeness (QED) is 0.425. The maximum atomic E-state index is 2.25. The van der Waals surface area contributed by atoms with Crippen molar-refractivity contribution in [1.82, 2.24) is 0 Å². The topological polar surface area (TPSA) is 0 Å². The van der Waals surface area contributed by atoms with Crippen LogP contribution < -0.4 is 0 Å². The highest BCUT2D eigenvalue weighted by Gasteiger charge is 2.16. The van der Waals surface area contributed by atoms with Gasteiger partial charge in [0.15, 0.2) is 0 Å². The zero-order valence-electron chi connectivity index (χ0n) is 23.3. The molecule has 2 aliphatic rings. The highest BCUT2D eigenvalue weighted by molar-refractivity contribution is 5.46. The summed E-state index contributed by atoms with van der Waals surface area (Å²) >= 11 is 0. The van der Waals surface area contributed by atoms with Crippen molar-refractivity contribution < 1.29 is 0 Å². The van der Waals surface area contributed by atoms with Gasteiger partial charge >= 0.3 is 0 Å². The molecule has 0 N–H and O–H groups in total. The van der Waals surface area contributed by atoms with E-state index < -0.39 is 0 Å². The van der Waals surface area contributed by atoms with Crippen LogP contribution in [0.15, 0.2) is 24.3 Å². The summed E-state index contributed by atoms with van der Waals surface area (Å²) < 4.78 is 0. The van der Waals surface area contributed by atoms with Gasteiger partial charge in [-0.2, -0.15) is 0 Å². The molecular formula is C31H54. The van der Waals surface area contributed by atoms with Gasteiger partial charge < -0.3 is 0 Å². The molecule has 0 saturated carbocycles. The Balaban J connectivity index is 0. The second kappa shape index (κ2) is 19.1. The van der Waals surface area contributed by atoms with Crippen LogP contribution in [0.1, 0.15) is 119 Å². The molecule has 31 heavy (non-hydrogen) atoms. The van der Waals surface area contributed by atoms with Crippen molar-refractivity contribution in [3.8, 4) is 0 Å². The van der Waals surface area contributed by atoms with Gasteiger partial charge in [-0.15, -0.1) is 0 Å². The molecule has 2 aromatic carbocycles. The van der Waals surface area contributed by atoms with Gasteiger partial charge in [0, 0.05) is 0 Å². The Hall–Kier alpha value is -1.56. The lowest BCUT2D eigenvalue weighted by Gasteiger charge is -2.23. The second-order valence-corrected chi connectivity index (χ2v) is 7.67. The molecule has 0 radical (unpaired) electrons. The lowest BCUT2D eigenvalue weighted by atomic mass is 9.82. The summed E-state index contributed by atoms with van der Waals surface area (Å²) in [7, 11) is 0. The second-order valence-electron chi connectivity index (χ2n) is 7.67. The highest BCUT2D eigenvalue weighted by atomic mass is 14.2. The Morgan fingerprint density at radius 3 is 0.871 bits per heavy atom. The zero-order chi connectivity index (χ0) is 24.4. The average Bonchev–Trinajstić information content (AvgIpc) is 3.30. The van der Waals surface area contributed by atoms with Crippen molar-refractivity contribution in [3.05, 3.63) is 68.8 Å². The van der Waals surface area contributed by atoms with Crippen molar-refractivity contribution in [1.29, 1.82) is 0 Å². The molecule has 0 heteroatoms. The molecular weight excluding hydrogens is 372 g/mol. The molecule has 0 heterocycles. The van der Waals surface area contributed by atoms with Gasteiger partial charge in [-0.1, -0.05) is 92.5 Å². The molecule has 0 aliphatic heterocycles. The smallest absolute Gasteiger partial charge is 0.0233 e. The first-order valence-electron chi connectivity index (χ1n) is 13.1. The number of aryl methyl sites for hydroxylation is 4. The monoisotopic (exact) mass is 426 g/mol. The van der Waals surface area contributed by atoms with Crippen LogP contribution in [0.2, 0.25) is 0 Å². The van der Waals surface area contributed by atoms with E-state index in [1.807, 2.05) is 41.5 Å². The molecule has 0 bridgehead atoms. The third-order valence-electron chi connectivity index (χ3n) is 5.78. The van der Waals surface area contributed by atoms with E-state index in [0.29, 0.717) is 0 Å². The Bertz CT molecular complexity index is 646. The summed E-state index contributed by atoms with van der Waals surface area (Å²) in [6.07, 6.45) is 9.23. The maximum absolute atomic E-state index is 2.25. The minimum atomic E-state index is 1.31. The van der Waals surface area contributed by atoms with Crippen molar-refractivity contribution in [2.45, 2.75) is 128 Å². The van der Waals surface area contributed by atoms with Crippen LogP contribution in [0.4, 0.5) is 0 Å². The molecule has 0 unspecified atom stereocenters. The fourth-order valence-electron chi connectivity index (χ4n) is 3.76. The lowest BCUT2D eigenvalue weighted by molar-refractivity contribution is 0.816. The minimum absolute atomic E-state index is 1.31. The van der Waals surface area contributed by atoms with E-state index in [0.717, 1.165) is 0 Å². The van der Waals surface area contributed by atoms with E-state index in [9.17, 15) is 0 Å². The van der Waals surface area contributed by atoms with Crippen LogP contribution in [0.5, 0.6) is 0 Å². The van der Waals surface area contributed by atoms with Gasteiger partial charge in [0.1, 0.15) is 0 Å². The van der Waals surface area contributed by atoms with Gasteiger partial charge in [0.05, 0.1) is 0 Å². The SMILES string of the molecule is CC.CC.CC.CCCC.Cc1ccc(C)c2c1CC2.Cc1ccc(C)c2c1CCC2. The van der Waals surface area contributed by atoms with Crippen LogP contribution in [-0.2, 0) is 25.7 Å². The molecule has 0 atom stereocenters. The Morgan fingerprint density at radius 1 is 0.452 bits per heavy atom. The summed E-state index contributed by atoms with van der Waals surface area (Å²) in [4.78, 5) is 0. The van der Waals surface area contributed by atoms with Crippen LogP contribution in [0, 0.1) is 27.7 Å². The fourth-order valence-corrected chi connectivity index (χ4v) is 3.76. The van der Waals surface area contributed by atoms with E-state index in [4.69, 9.17) is 0 Å². The predicted molar refractivity (Wildman–Crippen MR) is 146 cm³/mol. The molecule has 0 saturated heterocycles. The Morgan fingerprint density at radius 2 is 0.677 bits per heavy atom. The Labute approximate surface area is 196 Å². The number of hydrogen-bond donors (Lipinski definition) is 0. The van der Waals surface area contributed by atoms with Crippen molar-refractivity contribution in [2.75, 3.05) is 0 Å². The molecule has 0 fully saturated rings. The molecule has 0 aromatic heterocycles. The largest absolute Gasteiger partial charge is 0.0683 e. The van der Waals surface area contributed by atoms with E-state index in [2.05, 4.69) is 65.8 Å². The van der Waals surface area contributed by atoms with E-state index >= 15 is 0 Å². The molecule has 2 aromatic rings. The van der Waals surface area contributed by atoms with Gasteiger partial charge in [0.25, 0.3) is 0 Å². The number of hydrogen-bond acceptors (Lipinski definition) is 0. The molecule has 0 amide bonds. The summed E-state index contributed by atoms with van der Waals surface area (Å²) in [5.41, 5.74) is 12.4. The molecule has 2 aliphatic carbocycles. The number of rotatable bonds is 1. The highest BCUT2D eigenvalue weighted by Crippen LogP contribution is 2.29. The van der Waals surface area contributed by atoms with Gasteiger partial charge in [-0.05, 0) is 104 Å². The number of fused-ring (bicyclic) bond motifs is 2. The molecule has 0 nitrogen and oxygen atoms in total. The molecule has 0 spiro atoms. The first-order valence-corrected chi connectivity index (χ1v) is 13.1. The van der Waals surface area contributed by atoms with E-state index in [1.54, 1.807) is 22.3 Å². The fraction of sp³-hybridized carbons (Fsp3) is 0.613. The van der Waals surface area contributed by atoms with Gasteiger partial charge in [-0.3, -0.25) is 0 Å². The zero-order valence-corrected chi connectivity index (χ0v) is 23.3. The molecule has 4 rings (SSSR count). The number of benzene rings is 2. The summed E-state index contributed by atoms with van der Waals surface area (Å²) in [5.74, 6) is 0. The van der Waals surface area contributed by atoms with Crippen LogP contribution >= 0.6 is 0 Å². The van der Waals surface area contributed by atoms with Crippen molar-refractivity contribution in [2.24, 2.45) is 0 Å². The van der Waals surface area contributed by atoms with Crippen molar-refractivity contribution in [3.63, 3.8) is 0 Å². The Kier molecular flexibility index (Phi) is 19.5. The summed E-state index contributed by atoms with van der Waals surface area (Å²) in [6.45, 7) is 25.2. The van der Waals surface area contributed by atoms with Crippen LogP contribution in [0.3, 0.4) is 0 Å². The number of unbranched alkanes of at least 4 members (excludes halogenated alkanes) is 1. The molecule has 178 valence electrons. The standard InChI is InChI=1S/C11H14.C10H12.C4H10.3C2H6/c1-8-6-7-9(2)11-5-3-4-10(8)11;1-7-3-4-8(2)10-6-5-9(7)10;1-3-4-2;3*1-2/h6-7H,3-5H2,1-2H3;3-4H,5-6H2,1-2H3;3-4H2,1-2H3;3*1-2H3. The van der Waals surface area contributed by atoms with E-state index in [-0.39, 0.29) is 0 Å². The average molecular weight is 427 g/mol. The first-order chi connectivity index (χ1) is 15.0. The predicted octanol–water partition coefficient (Wildman–Crippen LogP) is 10.1. The first kappa shape index (κ1) is 31.6. The maximum Gasteiger partial charge on any atom is -0.0233 e. The third kappa shape index (κ3) is 10.1. The lowest BCUT2D eigenvalue weighted by Crippen LogP contribution is -2.12. The van der Waals surface area contributed by atoms with Gasteiger partial charge in [-0.25, -0.2) is 0 Å². The van der Waals surface area contributed by atoms with Crippen molar-refractivity contribution >= 4 is 0 Å². The minimum Gasteiger partial charge on any atom is -0.0683 e. The third-order valence-corrected chi connectivity index (χ3v) is 5.78. The summed E-state index contributed by atoms with van der Waals surface area (Å²) in [5, 5.41) is 0. The van der Waals surface area contributed by atoms with Gasteiger partial charge in [0.2, 0.25) is 0 Å². The van der Waals surface area contributed by atoms with E-state index in [1.165, 1.54) is 67.2 Å². The van der Waals surface area contributed by atoms with Crippen LogP contribution in [-0.4, -0.2) is 0 Å². The summed E-state index contributed by atoms with van der Waals surface area (Å²) in [6, 6.07) is 8.96. The normalized spacial score (nSPS) is 11.5. The van der Waals surface area contributed by atoms with Crippen LogP contribution in [0.25, 0.3) is 0 Å².